The van der Waals surface area contributed by atoms with E-state index in [2.05, 4.69) is 26.1 Å². The quantitative estimate of drug-likeness (QED) is 0.729. The van der Waals surface area contributed by atoms with Gasteiger partial charge in [0.15, 0.2) is 0 Å². The molecule has 1 heterocycles. The number of carbonyl (C=O) groups is 2. The van der Waals surface area contributed by atoms with E-state index in [1.807, 2.05) is 12.1 Å². The number of hydrogen-bond acceptors (Lipinski definition) is 5. The third-order valence-electron chi connectivity index (χ3n) is 4.19. The van der Waals surface area contributed by atoms with Crippen LogP contribution in [0.3, 0.4) is 0 Å². The van der Waals surface area contributed by atoms with Crippen molar-refractivity contribution in [3.63, 3.8) is 0 Å². The van der Waals surface area contributed by atoms with Crippen molar-refractivity contribution in [2.75, 3.05) is 43.1 Å². The monoisotopic (exact) mass is 432 g/mol. The molecule has 1 N–H and O–H groups in total. The van der Waals surface area contributed by atoms with Gasteiger partial charge < -0.3 is 19.7 Å². The van der Waals surface area contributed by atoms with Crippen molar-refractivity contribution in [3.8, 4) is 0 Å². The van der Waals surface area contributed by atoms with Crippen molar-refractivity contribution < 1.29 is 19.1 Å². The summed E-state index contributed by atoms with van der Waals surface area (Å²) < 4.78 is 11.3. The van der Waals surface area contributed by atoms with E-state index in [0.29, 0.717) is 36.6 Å². The van der Waals surface area contributed by atoms with E-state index >= 15 is 0 Å². The maximum absolute atomic E-state index is 12.7. The Hall–Kier alpha value is -2.38. The van der Waals surface area contributed by atoms with Crippen LogP contribution in [0.25, 0.3) is 0 Å². The van der Waals surface area contributed by atoms with Crippen LogP contribution in [0.15, 0.2) is 46.9 Å². The molecule has 0 aromatic heterocycles. The zero-order valence-corrected chi connectivity index (χ0v) is 16.6. The van der Waals surface area contributed by atoms with Gasteiger partial charge in [-0.15, -0.1) is 0 Å². The standard InChI is InChI=1S/C20H21BrN2O4/c1-2-27-20(25)15-6-7-18(23-8-10-26-11-9-23)17(13-15)22-19(24)14-4-3-5-16(21)12-14/h3-7,12-13H,2,8-11H2,1H3,(H,22,24). The van der Waals surface area contributed by atoms with Crippen LogP contribution in [0.1, 0.15) is 27.6 Å². The molecule has 1 amide bonds. The van der Waals surface area contributed by atoms with Gasteiger partial charge in [-0.3, -0.25) is 4.79 Å². The van der Waals surface area contributed by atoms with Crippen molar-refractivity contribution >= 4 is 39.2 Å². The predicted octanol–water partition coefficient (Wildman–Crippen LogP) is 3.71. The molecule has 27 heavy (non-hydrogen) atoms. The molecule has 2 aromatic rings. The number of esters is 1. The fraction of sp³-hybridized carbons (Fsp3) is 0.300. The molecule has 3 rings (SSSR count). The number of ether oxygens (including phenoxy) is 2. The number of benzene rings is 2. The lowest BCUT2D eigenvalue weighted by atomic mass is 10.1. The maximum Gasteiger partial charge on any atom is 0.338 e. The van der Waals surface area contributed by atoms with E-state index in [-0.39, 0.29) is 5.91 Å². The second-order valence-electron chi connectivity index (χ2n) is 6.02. The molecule has 142 valence electrons. The van der Waals surface area contributed by atoms with Crippen LogP contribution in [-0.4, -0.2) is 44.8 Å². The number of amides is 1. The predicted molar refractivity (Wildman–Crippen MR) is 108 cm³/mol. The third-order valence-corrected chi connectivity index (χ3v) is 4.69. The Bertz CT molecular complexity index is 834. The minimum atomic E-state index is -0.413. The largest absolute Gasteiger partial charge is 0.462 e. The Morgan fingerprint density at radius 3 is 2.63 bits per heavy atom. The van der Waals surface area contributed by atoms with Gasteiger partial charge in [0.2, 0.25) is 0 Å². The Balaban J connectivity index is 1.92. The van der Waals surface area contributed by atoms with Crippen LogP contribution >= 0.6 is 15.9 Å². The topological polar surface area (TPSA) is 67.9 Å². The lowest BCUT2D eigenvalue weighted by molar-refractivity contribution is 0.0526. The second-order valence-corrected chi connectivity index (χ2v) is 6.93. The zero-order chi connectivity index (χ0) is 19.2. The number of rotatable bonds is 5. The lowest BCUT2D eigenvalue weighted by Gasteiger charge is -2.30. The van der Waals surface area contributed by atoms with Gasteiger partial charge in [-0.2, -0.15) is 0 Å². The Morgan fingerprint density at radius 2 is 1.93 bits per heavy atom. The van der Waals surface area contributed by atoms with Gasteiger partial charge in [0.25, 0.3) is 5.91 Å². The highest BCUT2D eigenvalue weighted by atomic mass is 79.9. The van der Waals surface area contributed by atoms with Crippen molar-refractivity contribution in [1.29, 1.82) is 0 Å². The van der Waals surface area contributed by atoms with Crippen LogP contribution in [-0.2, 0) is 9.47 Å². The number of halogens is 1. The summed E-state index contributed by atoms with van der Waals surface area (Å²) in [6.07, 6.45) is 0. The highest BCUT2D eigenvalue weighted by Gasteiger charge is 2.19. The fourth-order valence-electron chi connectivity index (χ4n) is 2.88. The summed E-state index contributed by atoms with van der Waals surface area (Å²) in [6.45, 7) is 4.74. The van der Waals surface area contributed by atoms with Gasteiger partial charge in [-0.05, 0) is 43.3 Å². The molecular formula is C20H21BrN2O4. The first-order valence-electron chi connectivity index (χ1n) is 8.79. The average molecular weight is 433 g/mol. The smallest absolute Gasteiger partial charge is 0.338 e. The molecule has 0 radical (unpaired) electrons. The minimum Gasteiger partial charge on any atom is -0.462 e. The summed E-state index contributed by atoms with van der Waals surface area (Å²) in [5, 5.41) is 2.94. The molecule has 1 aliphatic rings. The summed E-state index contributed by atoms with van der Waals surface area (Å²) in [5.41, 5.74) is 2.36. The van der Waals surface area contributed by atoms with E-state index in [1.54, 1.807) is 37.3 Å². The zero-order valence-electron chi connectivity index (χ0n) is 15.0. The molecule has 0 atom stereocenters. The SMILES string of the molecule is CCOC(=O)c1ccc(N2CCOCC2)c(NC(=O)c2cccc(Br)c2)c1. The molecule has 1 saturated heterocycles. The van der Waals surface area contributed by atoms with Gasteiger partial charge in [0, 0.05) is 23.1 Å². The number of nitrogens with zero attached hydrogens (tertiary/aromatic N) is 1. The first-order valence-corrected chi connectivity index (χ1v) is 9.58. The van der Waals surface area contributed by atoms with Crippen molar-refractivity contribution in [2.24, 2.45) is 0 Å². The van der Waals surface area contributed by atoms with E-state index in [4.69, 9.17) is 9.47 Å². The van der Waals surface area contributed by atoms with E-state index in [0.717, 1.165) is 23.2 Å². The van der Waals surface area contributed by atoms with Gasteiger partial charge in [-0.25, -0.2) is 4.79 Å². The summed E-state index contributed by atoms with van der Waals surface area (Å²) >= 11 is 3.38. The lowest BCUT2D eigenvalue weighted by Crippen LogP contribution is -2.36. The van der Waals surface area contributed by atoms with E-state index in [9.17, 15) is 9.59 Å². The van der Waals surface area contributed by atoms with Crippen molar-refractivity contribution in [2.45, 2.75) is 6.92 Å². The number of nitrogens with one attached hydrogen (secondary N) is 1. The second kappa shape index (κ2) is 9.01. The number of carbonyl (C=O) groups excluding carboxylic acids is 2. The molecule has 1 fully saturated rings. The first-order chi connectivity index (χ1) is 13.1. The molecule has 0 bridgehead atoms. The summed E-state index contributed by atoms with van der Waals surface area (Å²) in [4.78, 5) is 27.0. The number of morpholine rings is 1. The Morgan fingerprint density at radius 1 is 1.15 bits per heavy atom. The molecule has 0 unspecified atom stereocenters. The van der Waals surface area contributed by atoms with Crippen LogP contribution < -0.4 is 10.2 Å². The van der Waals surface area contributed by atoms with E-state index < -0.39 is 5.97 Å². The molecule has 7 heteroatoms. The number of anilines is 2. The fourth-order valence-corrected chi connectivity index (χ4v) is 3.28. The molecule has 0 aliphatic carbocycles. The van der Waals surface area contributed by atoms with Crippen LogP contribution in [0, 0.1) is 0 Å². The van der Waals surface area contributed by atoms with Gasteiger partial charge >= 0.3 is 5.97 Å². The van der Waals surface area contributed by atoms with Crippen LogP contribution in [0.5, 0.6) is 0 Å². The maximum atomic E-state index is 12.7. The summed E-state index contributed by atoms with van der Waals surface area (Å²) in [5.74, 6) is -0.657. The van der Waals surface area contributed by atoms with E-state index in [1.165, 1.54) is 0 Å². The van der Waals surface area contributed by atoms with Crippen LogP contribution in [0.4, 0.5) is 11.4 Å². The molecule has 1 aliphatic heterocycles. The molecule has 0 saturated carbocycles. The summed E-state index contributed by atoms with van der Waals surface area (Å²) in [7, 11) is 0. The highest BCUT2D eigenvalue weighted by Crippen LogP contribution is 2.29. The first kappa shape index (κ1) is 19.4. The van der Waals surface area contributed by atoms with Gasteiger partial charge in [0.05, 0.1) is 36.8 Å². The highest BCUT2D eigenvalue weighted by molar-refractivity contribution is 9.10. The average Bonchev–Trinajstić information content (AvgIpc) is 2.69. The van der Waals surface area contributed by atoms with Gasteiger partial charge in [0.1, 0.15) is 0 Å². The third kappa shape index (κ3) is 4.87. The Kier molecular flexibility index (Phi) is 6.47. The Labute approximate surface area is 166 Å². The molecule has 2 aromatic carbocycles. The molecule has 6 nitrogen and oxygen atoms in total. The molecule has 0 spiro atoms. The normalized spacial score (nSPS) is 13.9. The molecular weight excluding hydrogens is 412 g/mol. The summed E-state index contributed by atoms with van der Waals surface area (Å²) in [6, 6.07) is 12.4. The van der Waals surface area contributed by atoms with Crippen LogP contribution in [0.2, 0.25) is 0 Å². The van der Waals surface area contributed by atoms with Crippen molar-refractivity contribution in [1.82, 2.24) is 0 Å². The minimum absolute atomic E-state index is 0.244. The van der Waals surface area contributed by atoms with Gasteiger partial charge in [-0.1, -0.05) is 22.0 Å². The number of hydrogen-bond donors (Lipinski definition) is 1. The van der Waals surface area contributed by atoms with Crippen molar-refractivity contribution in [3.05, 3.63) is 58.1 Å².